The average molecular weight is 387 g/mol. The summed E-state index contributed by atoms with van der Waals surface area (Å²) in [5, 5.41) is 0. The van der Waals surface area contributed by atoms with Gasteiger partial charge < -0.3 is 0 Å². The molecule has 0 amide bonds. The van der Waals surface area contributed by atoms with E-state index in [1.807, 2.05) is 30.3 Å². The molecule has 1 saturated carbocycles. The molecule has 1 unspecified atom stereocenters. The minimum absolute atomic E-state index is 0.264. The molecule has 0 saturated heterocycles. The first-order valence-corrected chi connectivity index (χ1v) is 13.7. The Morgan fingerprint density at radius 1 is 1.00 bits per heavy atom. The summed E-state index contributed by atoms with van der Waals surface area (Å²) < 4.78 is 2.22. The molecule has 0 aromatic heterocycles. The summed E-state index contributed by atoms with van der Waals surface area (Å²) in [5.41, 5.74) is 0.890. The molecule has 0 bridgehead atoms. The maximum atomic E-state index is 12.7. The molecule has 2 aromatic carbocycles. The Morgan fingerprint density at radius 3 is 2.13 bits per heavy atom. The van der Waals surface area contributed by atoms with Crippen LogP contribution in [-0.2, 0) is 0 Å². The van der Waals surface area contributed by atoms with Gasteiger partial charge in [-0.25, -0.2) is 0 Å². The molecule has 0 radical (unpaired) electrons. The van der Waals surface area contributed by atoms with Crippen LogP contribution in [0.5, 0.6) is 0 Å². The molecule has 0 spiro atoms. The second-order valence-corrected chi connectivity index (χ2v) is 16.3. The van der Waals surface area contributed by atoms with Gasteiger partial charge in [-0.2, -0.15) is 0 Å². The third kappa shape index (κ3) is 4.03. The van der Waals surface area contributed by atoms with Crippen LogP contribution in [-0.4, -0.2) is 28.8 Å². The van der Waals surface area contributed by atoms with E-state index >= 15 is 0 Å². The Hall–Kier alpha value is -1.15. The molecular formula is C20H24OSeSi. The molecule has 0 N–H and O–H groups in total. The predicted molar refractivity (Wildman–Crippen MR) is 101 cm³/mol. The van der Waals surface area contributed by atoms with E-state index < -0.39 is 8.07 Å². The van der Waals surface area contributed by atoms with Crippen LogP contribution in [0.25, 0.3) is 0 Å². The summed E-state index contributed by atoms with van der Waals surface area (Å²) in [6.07, 6.45) is 1.09. The molecule has 2 aromatic rings. The van der Waals surface area contributed by atoms with E-state index in [1.165, 1.54) is 4.46 Å². The quantitative estimate of drug-likeness (QED) is 0.536. The Balaban J connectivity index is 1.74. The van der Waals surface area contributed by atoms with Crippen molar-refractivity contribution in [1.82, 2.24) is 0 Å². The molecule has 1 aliphatic rings. The Kier molecular flexibility index (Phi) is 4.91. The van der Waals surface area contributed by atoms with Crippen LogP contribution in [0.15, 0.2) is 60.7 Å². The normalized spacial score (nSPS) is 21.7. The van der Waals surface area contributed by atoms with E-state index in [-0.39, 0.29) is 5.92 Å². The summed E-state index contributed by atoms with van der Waals surface area (Å²) in [5.74, 6) is 1.23. The fourth-order valence-corrected chi connectivity index (χ4v) is 10.4. The zero-order valence-corrected chi connectivity index (χ0v) is 16.7. The monoisotopic (exact) mass is 388 g/mol. The molecule has 0 aliphatic heterocycles. The predicted octanol–water partition coefficient (Wildman–Crippen LogP) is 4.20. The number of Topliss-reactive ketones (excluding diaryl/α,β-unsaturated/α-hetero) is 1. The number of ketones is 1. The number of carbonyl (C=O) groups excluding carboxylic acids is 1. The molecule has 1 fully saturated rings. The van der Waals surface area contributed by atoms with E-state index in [0.717, 1.165) is 16.4 Å². The van der Waals surface area contributed by atoms with Crippen LogP contribution in [0.2, 0.25) is 24.1 Å². The van der Waals surface area contributed by atoms with Crippen molar-refractivity contribution in [2.45, 2.75) is 30.5 Å². The van der Waals surface area contributed by atoms with Gasteiger partial charge in [-0.05, 0) is 0 Å². The van der Waals surface area contributed by atoms with E-state index in [0.29, 0.717) is 26.7 Å². The van der Waals surface area contributed by atoms with Crippen molar-refractivity contribution in [1.29, 1.82) is 0 Å². The zero-order valence-electron chi connectivity index (χ0n) is 14.0. The minimum atomic E-state index is -1.28. The van der Waals surface area contributed by atoms with Gasteiger partial charge in [-0.15, -0.1) is 0 Å². The molecule has 3 atom stereocenters. The third-order valence-corrected chi connectivity index (χ3v) is 14.1. The first kappa shape index (κ1) is 16.7. The summed E-state index contributed by atoms with van der Waals surface area (Å²) in [4.78, 5) is 12.7. The number of hydrogen-bond acceptors (Lipinski definition) is 1. The van der Waals surface area contributed by atoms with E-state index in [9.17, 15) is 4.79 Å². The van der Waals surface area contributed by atoms with Crippen molar-refractivity contribution >= 4 is 33.3 Å². The van der Waals surface area contributed by atoms with Gasteiger partial charge in [0.15, 0.2) is 0 Å². The van der Waals surface area contributed by atoms with Crippen molar-refractivity contribution < 1.29 is 4.79 Å². The van der Waals surface area contributed by atoms with Crippen LogP contribution in [0.4, 0.5) is 0 Å². The Labute approximate surface area is 146 Å². The van der Waals surface area contributed by atoms with Crippen molar-refractivity contribution in [2.24, 2.45) is 11.8 Å². The van der Waals surface area contributed by atoms with E-state index in [4.69, 9.17) is 0 Å². The topological polar surface area (TPSA) is 17.1 Å². The van der Waals surface area contributed by atoms with Gasteiger partial charge in [0, 0.05) is 0 Å². The third-order valence-electron chi connectivity index (χ3n) is 4.48. The van der Waals surface area contributed by atoms with Gasteiger partial charge in [0.05, 0.1) is 0 Å². The molecule has 1 nitrogen and oxygen atoms in total. The van der Waals surface area contributed by atoms with E-state index in [1.54, 1.807) is 0 Å². The summed E-state index contributed by atoms with van der Waals surface area (Å²) in [6.45, 7) is 7.39. The van der Waals surface area contributed by atoms with Gasteiger partial charge in [-0.3, -0.25) is 0 Å². The molecule has 3 rings (SSSR count). The fraction of sp³-hybridized carbons (Fsp3) is 0.350. The van der Waals surface area contributed by atoms with Crippen LogP contribution >= 0.6 is 0 Å². The average Bonchev–Trinajstić information content (AvgIpc) is 3.33. The Morgan fingerprint density at radius 2 is 1.57 bits per heavy atom. The SMILES string of the molecule is C[Si](C)(C)C([Se]c1ccccc1)[C@H]1C[C@@H]1C(=O)c1ccccc1. The number of benzene rings is 2. The first-order chi connectivity index (χ1) is 11.0. The fourth-order valence-electron chi connectivity index (χ4n) is 3.22. The van der Waals surface area contributed by atoms with Crippen LogP contribution < -0.4 is 4.46 Å². The number of hydrogen-bond donors (Lipinski definition) is 0. The number of rotatable bonds is 6. The van der Waals surface area contributed by atoms with Gasteiger partial charge in [0.2, 0.25) is 0 Å². The van der Waals surface area contributed by atoms with E-state index in [2.05, 4.69) is 50.0 Å². The molecule has 23 heavy (non-hydrogen) atoms. The number of carbonyl (C=O) groups is 1. The zero-order chi connectivity index (χ0) is 16.4. The molecular weight excluding hydrogens is 363 g/mol. The molecule has 0 heterocycles. The first-order valence-electron chi connectivity index (χ1n) is 8.28. The standard InChI is InChI=1S/C20H24OSeSi/c1-23(2,3)20(22-16-12-8-5-9-13-16)18-14-17(18)19(21)15-10-6-4-7-11-15/h4-13,17-18,20H,14H2,1-3H3/t17-,18-,20?/m0/s1. The second kappa shape index (κ2) is 6.76. The van der Waals surface area contributed by atoms with Crippen molar-refractivity contribution in [2.75, 3.05) is 0 Å². The van der Waals surface area contributed by atoms with Gasteiger partial charge in [-0.1, -0.05) is 0 Å². The molecule has 120 valence electrons. The summed E-state index contributed by atoms with van der Waals surface area (Å²) >= 11 is 0.474. The maximum absolute atomic E-state index is 12.7. The van der Waals surface area contributed by atoms with Crippen LogP contribution in [0, 0.1) is 11.8 Å². The van der Waals surface area contributed by atoms with Crippen molar-refractivity contribution in [3.8, 4) is 0 Å². The van der Waals surface area contributed by atoms with Crippen LogP contribution in [0.3, 0.4) is 0 Å². The molecule has 1 aliphatic carbocycles. The van der Waals surface area contributed by atoms with Gasteiger partial charge >= 0.3 is 147 Å². The van der Waals surface area contributed by atoms with Gasteiger partial charge in [0.25, 0.3) is 0 Å². The Bertz CT molecular complexity index is 663. The van der Waals surface area contributed by atoms with Crippen molar-refractivity contribution in [3.05, 3.63) is 66.2 Å². The second-order valence-electron chi connectivity index (χ2n) is 7.45. The summed E-state index contributed by atoms with van der Waals surface area (Å²) in [7, 11) is -1.28. The molecule has 3 heteroatoms. The van der Waals surface area contributed by atoms with Gasteiger partial charge in [0.1, 0.15) is 0 Å². The van der Waals surface area contributed by atoms with Crippen LogP contribution in [0.1, 0.15) is 16.8 Å². The summed E-state index contributed by atoms with van der Waals surface area (Å²) in [6, 6.07) is 20.7. The van der Waals surface area contributed by atoms with Crippen molar-refractivity contribution in [3.63, 3.8) is 0 Å².